The Morgan fingerprint density at radius 2 is 2.03 bits per heavy atom. The summed E-state index contributed by atoms with van der Waals surface area (Å²) in [6.45, 7) is 1.80. The van der Waals surface area contributed by atoms with Crippen LogP contribution in [0, 0.1) is 0 Å². The zero-order valence-electron chi connectivity index (χ0n) is 16.1. The third-order valence-electron chi connectivity index (χ3n) is 5.36. The maximum atomic E-state index is 14.1. The highest BCUT2D eigenvalue weighted by atomic mass is 19.4. The van der Waals surface area contributed by atoms with Crippen molar-refractivity contribution in [2.45, 2.75) is 37.3 Å². The lowest BCUT2D eigenvalue weighted by atomic mass is 9.97. The van der Waals surface area contributed by atoms with Gasteiger partial charge in [-0.3, -0.25) is 4.40 Å². The number of anilines is 1. The summed E-state index contributed by atoms with van der Waals surface area (Å²) >= 11 is 0. The van der Waals surface area contributed by atoms with Crippen molar-refractivity contribution < 1.29 is 22.7 Å². The van der Waals surface area contributed by atoms with Crippen molar-refractivity contribution in [3.05, 3.63) is 48.3 Å². The van der Waals surface area contributed by atoms with Gasteiger partial charge in [-0.2, -0.15) is 13.2 Å². The Balaban J connectivity index is 1.69. The van der Waals surface area contributed by atoms with E-state index in [1.807, 2.05) is 0 Å². The molecule has 1 fully saturated rings. The van der Waals surface area contributed by atoms with Gasteiger partial charge in [0.05, 0.1) is 23.6 Å². The number of hydrogen-bond acceptors (Lipinski definition) is 5. The average molecular weight is 423 g/mol. The Kier molecular flexibility index (Phi) is 5.15. The molecule has 4 heterocycles. The molecular formula is C20H21F4N5O. The summed E-state index contributed by atoms with van der Waals surface area (Å²) < 4.78 is 55.3. The highest BCUT2D eigenvalue weighted by Gasteiger charge is 2.51. The van der Waals surface area contributed by atoms with Gasteiger partial charge in [0.25, 0.3) is 0 Å². The van der Waals surface area contributed by atoms with Crippen LogP contribution < -0.4 is 10.6 Å². The number of aliphatic hydroxyl groups is 1. The van der Waals surface area contributed by atoms with Gasteiger partial charge in [-0.15, -0.1) is 0 Å². The summed E-state index contributed by atoms with van der Waals surface area (Å²) in [4.78, 5) is 8.69. The molecule has 0 saturated carbocycles. The zero-order chi connectivity index (χ0) is 21.5. The van der Waals surface area contributed by atoms with Crippen LogP contribution in [-0.4, -0.2) is 51.0 Å². The van der Waals surface area contributed by atoms with Crippen molar-refractivity contribution in [2.24, 2.45) is 0 Å². The molecule has 1 saturated heterocycles. The number of nitrogens with one attached hydrogen (secondary N) is 2. The second kappa shape index (κ2) is 7.51. The van der Waals surface area contributed by atoms with Crippen LogP contribution in [0.3, 0.4) is 0 Å². The van der Waals surface area contributed by atoms with E-state index in [4.69, 9.17) is 0 Å². The van der Waals surface area contributed by atoms with E-state index < -0.39 is 24.0 Å². The SMILES string of the molecule is C[C@@](O)(c1ccc2ncc(-c3cccc(N[C@H]4CNCC[C@@H]4F)n3)n2c1)C(F)(F)F. The normalized spacial score (nSPS) is 22.1. The van der Waals surface area contributed by atoms with Crippen LogP contribution in [-0.2, 0) is 5.60 Å². The number of hydrogen-bond donors (Lipinski definition) is 3. The largest absolute Gasteiger partial charge is 0.421 e. The fraction of sp³-hybridized carbons (Fsp3) is 0.400. The number of piperidine rings is 1. The lowest BCUT2D eigenvalue weighted by molar-refractivity contribution is -0.259. The third-order valence-corrected chi connectivity index (χ3v) is 5.36. The highest BCUT2D eigenvalue weighted by Crippen LogP contribution is 2.38. The molecule has 0 bridgehead atoms. The predicted octanol–water partition coefficient (Wildman–Crippen LogP) is 3.28. The van der Waals surface area contributed by atoms with Crippen LogP contribution >= 0.6 is 0 Å². The second-order valence-corrected chi connectivity index (χ2v) is 7.53. The minimum Gasteiger partial charge on any atom is -0.376 e. The molecular weight excluding hydrogens is 402 g/mol. The van der Waals surface area contributed by atoms with Crippen molar-refractivity contribution in [2.75, 3.05) is 18.4 Å². The summed E-state index contributed by atoms with van der Waals surface area (Å²) in [5, 5.41) is 16.2. The Bertz CT molecular complexity index is 1050. The maximum Gasteiger partial charge on any atom is 0.421 e. The molecule has 4 rings (SSSR count). The van der Waals surface area contributed by atoms with E-state index in [2.05, 4.69) is 20.6 Å². The Morgan fingerprint density at radius 1 is 1.23 bits per heavy atom. The summed E-state index contributed by atoms with van der Waals surface area (Å²) in [6, 6.07) is 7.30. The van der Waals surface area contributed by atoms with Gasteiger partial charge < -0.3 is 15.7 Å². The number of alkyl halides is 4. The molecule has 0 amide bonds. The van der Waals surface area contributed by atoms with Crippen LogP contribution in [0.1, 0.15) is 18.9 Å². The Morgan fingerprint density at radius 3 is 2.77 bits per heavy atom. The summed E-state index contributed by atoms with van der Waals surface area (Å²) in [5.74, 6) is 0.456. The van der Waals surface area contributed by atoms with E-state index in [0.717, 1.165) is 0 Å². The van der Waals surface area contributed by atoms with E-state index in [-0.39, 0.29) is 5.56 Å². The molecule has 0 aliphatic carbocycles. The van der Waals surface area contributed by atoms with E-state index in [0.29, 0.717) is 49.3 Å². The molecule has 3 aromatic rings. The van der Waals surface area contributed by atoms with Crippen LogP contribution in [0.4, 0.5) is 23.4 Å². The van der Waals surface area contributed by atoms with Crippen molar-refractivity contribution in [3.8, 4) is 11.4 Å². The molecule has 1 aliphatic rings. The zero-order valence-corrected chi connectivity index (χ0v) is 16.1. The first kappa shape index (κ1) is 20.5. The van der Waals surface area contributed by atoms with Crippen molar-refractivity contribution >= 4 is 11.5 Å². The predicted molar refractivity (Wildman–Crippen MR) is 104 cm³/mol. The number of aromatic nitrogens is 3. The van der Waals surface area contributed by atoms with Crippen molar-refractivity contribution in [3.63, 3.8) is 0 Å². The minimum absolute atomic E-state index is 0.315. The first-order chi connectivity index (χ1) is 14.2. The first-order valence-electron chi connectivity index (χ1n) is 9.52. The van der Waals surface area contributed by atoms with Gasteiger partial charge in [-0.1, -0.05) is 12.1 Å². The molecule has 1 aliphatic heterocycles. The molecule has 0 spiro atoms. The molecule has 160 valence electrons. The molecule has 0 radical (unpaired) electrons. The van der Waals surface area contributed by atoms with Gasteiger partial charge in [0.2, 0.25) is 0 Å². The quantitative estimate of drug-likeness (QED) is 0.562. The number of halogens is 4. The Hall–Kier alpha value is -2.72. The van der Waals surface area contributed by atoms with Gasteiger partial charge >= 0.3 is 6.18 Å². The van der Waals surface area contributed by atoms with Gasteiger partial charge in [0.15, 0.2) is 5.60 Å². The maximum absolute atomic E-state index is 14.1. The number of nitrogens with zero attached hydrogens (tertiary/aromatic N) is 3. The monoisotopic (exact) mass is 423 g/mol. The lowest BCUT2D eigenvalue weighted by Gasteiger charge is -2.28. The molecule has 6 nitrogen and oxygen atoms in total. The summed E-state index contributed by atoms with van der Waals surface area (Å²) in [6.07, 6.45) is -2.73. The third kappa shape index (κ3) is 3.72. The summed E-state index contributed by atoms with van der Waals surface area (Å²) in [5.41, 5.74) is -2.01. The number of pyridine rings is 2. The van der Waals surface area contributed by atoms with Gasteiger partial charge in [0.1, 0.15) is 17.6 Å². The van der Waals surface area contributed by atoms with Crippen molar-refractivity contribution in [1.29, 1.82) is 0 Å². The molecule has 3 N–H and O–H groups in total. The smallest absolute Gasteiger partial charge is 0.376 e. The fourth-order valence-corrected chi connectivity index (χ4v) is 3.44. The first-order valence-corrected chi connectivity index (χ1v) is 9.52. The van der Waals surface area contributed by atoms with Crippen molar-refractivity contribution in [1.82, 2.24) is 19.7 Å². The molecule has 30 heavy (non-hydrogen) atoms. The highest BCUT2D eigenvalue weighted by molar-refractivity contribution is 5.62. The topological polar surface area (TPSA) is 74.5 Å². The average Bonchev–Trinajstić information content (AvgIpc) is 3.12. The molecule has 10 heteroatoms. The number of rotatable bonds is 4. The van der Waals surface area contributed by atoms with Crippen LogP contribution in [0.15, 0.2) is 42.7 Å². The minimum atomic E-state index is -4.83. The fourth-order valence-electron chi connectivity index (χ4n) is 3.44. The van der Waals surface area contributed by atoms with E-state index in [9.17, 15) is 22.7 Å². The van der Waals surface area contributed by atoms with Crippen LogP contribution in [0.5, 0.6) is 0 Å². The molecule has 0 unspecified atom stereocenters. The van der Waals surface area contributed by atoms with Gasteiger partial charge in [-0.05, 0) is 38.1 Å². The standard InChI is InChI=1S/C20H21F4N5O/c1-19(30,20(22,23)24)12-5-6-18-26-10-16(29(18)11-12)14-3-2-4-17(27-14)28-15-9-25-8-7-13(15)21/h2-6,10-11,13,15,25,30H,7-9H2,1H3,(H,27,28)/t13-,15-,19+/m0/s1. The van der Waals surface area contributed by atoms with Gasteiger partial charge in [0, 0.05) is 18.3 Å². The number of fused-ring (bicyclic) bond motifs is 1. The molecule has 0 aromatic carbocycles. The van der Waals surface area contributed by atoms with Crippen LogP contribution in [0.2, 0.25) is 0 Å². The molecule has 3 aromatic heterocycles. The van der Waals surface area contributed by atoms with E-state index >= 15 is 0 Å². The van der Waals surface area contributed by atoms with Gasteiger partial charge in [-0.25, -0.2) is 14.4 Å². The second-order valence-electron chi connectivity index (χ2n) is 7.53. The summed E-state index contributed by atoms with van der Waals surface area (Å²) in [7, 11) is 0. The lowest BCUT2D eigenvalue weighted by Crippen LogP contribution is -2.46. The molecule has 3 atom stereocenters. The number of imidazole rings is 1. The van der Waals surface area contributed by atoms with E-state index in [1.54, 1.807) is 18.2 Å². The Labute approximate surface area is 170 Å². The van der Waals surface area contributed by atoms with E-state index in [1.165, 1.54) is 28.9 Å². The van der Waals surface area contributed by atoms with Crippen LogP contribution in [0.25, 0.3) is 17.0 Å².